The van der Waals surface area contributed by atoms with Gasteiger partial charge in [0, 0.05) is 24.7 Å². The second-order valence-corrected chi connectivity index (χ2v) is 8.08. The summed E-state index contributed by atoms with van der Waals surface area (Å²) in [4.78, 5) is 13.8. The molecule has 3 aromatic heterocycles. The van der Waals surface area contributed by atoms with Gasteiger partial charge < -0.3 is 15.0 Å². The number of pyridine rings is 1. The largest absolute Gasteiger partial charge is 0.469 e. The minimum atomic E-state index is -0.455. The van der Waals surface area contributed by atoms with Crippen molar-refractivity contribution in [3.8, 4) is 6.07 Å². The van der Waals surface area contributed by atoms with Crippen LogP contribution in [0.1, 0.15) is 42.0 Å². The molecule has 2 aliphatic heterocycles. The van der Waals surface area contributed by atoms with Gasteiger partial charge in [0.1, 0.15) is 17.3 Å². The van der Waals surface area contributed by atoms with Crippen molar-refractivity contribution in [2.75, 3.05) is 18.6 Å². The van der Waals surface area contributed by atoms with E-state index in [0.717, 1.165) is 23.1 Å². The molecule has 0 radical (unpaired) electrons. The van der Waals surface area contributed by atoms with Crippen LogP contribution in [0.4, 0.5) is 10.1 Å². The number of rotatable bonds is 3. The quantitative estimate of drug-likeness (QED) is 0.640. The third-order valence-corrected chi connectivity index (χ3v) is 6.14. The topological polar surface area (TPSA) is 100 Å². The third-order valence-electron chi connectivity index (χ3n) is 6.14. The van der Waals surface area contributed by atoms with E-state index in [1.54, 1.807) is 12.1 Å². The van der Waals surface area contributed by atoms with Gasteiger partial charge in [0.25, 0.3) is 0 Å². The monoisotopic (exact) mass is 423 g/mol. The highest BCUT2D eigenvalue weighted by Gasteiger charge is 2.33. The molecule has 31 heavy (non-hydrogen) atoms. The molecular weight excluding hydrogens is 401 g/mol. The Kier molecular flexibility index (Phi) is 4.63. The molecule has 1 N–H and O–H groups in total. The number of hydrogen-bond acceptors (Lipinski definition) is 7. The minimum Gasteiger partial charge on any atom is -0.469 e. The molecule has 0 saturated heterocycles. The number of fused-ring (bicyclic) bond motifs is 4. The lowest BCUT2D eigenvalue weighted by molar-refractivity contribution is -0.141. The highest BCUT2D eigenvalue weighted by atomic mass is 19.1. The van der Waals surface area contributed by atoms with E-state index in [4.69, 9.17) is 9.84 Å². The number of nitriles is 1. The van der Waals surface area contributed by atoms with E-state index >= 15 is 0 Å². The fraction of sp³-hybridized carbons (Fsp3) is 0.429. The van der Waals surface area contributed by atoms with E-state index < -0.39 is 5.82 Å². The van der Waals surface area contributed by atoms with Crippen LogP contribution in [-0.4, -0.2) is 45.1 Å². The summed E-state index contributed by atoms with van der Waals surface area (Å²) in [5, 5.41) is 21.5. The first kappa shape index (κ1) is 19.5. The van der Waals surface area contributed by atoms with Gasteiger partial charge in [-0.25, -0.2) is 8.91 Å². The Morgan fingerprint density at radius 3 is 3.06 bits per heavy atom. The number of ether oxygens (including phenoxy) is 1. The highest BCUT2D eigenvalue weighted by molar-refractivity contribution is 5.75. The number of hydrogen-bond donors (Lipinski definition) is 1. The van der Waals surface area contributed by atoms with Crippen molar-refractivity contribution >= 4 is 17.2 Å². The maximum Gasteiger partial charge on any atom is 0.307 e. The lowest BCUT2D eigenvalue weighted by Crippen LogP contribution is -2.39. The second-order valence-electron chi connectivity index (χ2n) is 8.08. The maximum atomic E-state index is 14.6. The number of carbonyl (C=O) groups is 1. The SMILES string of the molecule is COC(=O)C[C@@H]1Cc2c(nn3c2CN(c2ccc(C#N)n4ncc(F)c24)C[C@H]3C)CN1. The molecular formula is C21H22FN7O2. The van der Waals surface area contributed by atoms with E-state index in [9.17, 15) is 14.4 Å². The number of anilines is 1. The van der Waals surface area contributed by atoms with Gasteiger partial charge in [0.15, 0.2) is 5.82 Å². The van der Waals surface area contributed by atoms with E-state index in [0.29, 0.717) is 43.7 Å². The Hall–Kier alpha value is -3.45. The van der Waals surface area contributed by atoms with Crippen molar-refractivity contribution in [1.29, 1.82) is 5.26 Å². The third kappa shape index (κ3) is 3.13. The first-order valence-electron chi connectivity index (χ1n) is 10.2. The normalized spacial score (nSPS) is 20.3. The van der Waals surface area contributed by atoms with Gasteiger partial charge in [-0.3, -0.25) is 9.48 Å². The van der Waals surface area contributed by atoms with Crippen LogP contribution in [0, 0.1) is 17.1 Å². The summed E-state index contributed by atoms with van der Waals surface area (Å²) in [7, 11) is 1.39. The van der Waals surface area contributed by atoms with Crippen molar-refractivity contribution in [2.24, 2.45) is 0 Å². The molecule has 5 rings (SSSR count). The standard InChI is InChI=1S/C21H22FN7O2/c1-12-10-27(18-4-3-14(7-23)29-21(18)16(22)8-25-29)11-19-15-5-13(6-20(30)31-2)24-9-17(15)26-28(12)19/h3-4,8,12-13,24H,5-6,9-11H2,1-2H3/t12-,13+/m1/s1. The van der Waals surface area contributed by atoms with Crippen LogP contribution >= 0.6 is 0 Å². The molecule has 0 spiro atoms. The number of carbonyl (C=O) groups excluding carboxylic acids is 1. The summed E-state index contributed by atoms with van der Waals surface area (Å²) in [5.74, 6) is -0.698. The minimum absolute atomic E-state index is 0.00609. The summed E-state index contributed by atoms with van der Waals surface area (Å²) < 4.78 is 22.8. The molecule has 0 fully saturated rings. The van der Waals surface area contributed by atoms with Crippen LogP contribution in [0.3, 0.4) is 0 Å². The van der Waals surface area contributed by atoms with Crippen molar-refractivity contribution in [2.45, 2.75) is 44.9 Å². The fourth-order valence-electron chi connectivity index (χ4n) is 4.67. The first-order valence-corrected chi connectivity index (χ1v) is 10.2. The van der Waals surface area contributed by atoms with Gasteiger partial charge in [-0.05, 0) is 25.5 Å². The maximum absolute atomic E-state index is 14.6. The lowest BCUT2D eigenvalue weighted by atomic mass is 9.96. The molecule has 2 aliphatic rings. The summed E-state index contributed by atoms with van der Waals surface area (Å²) in [6.07, 6.45) is 2.13. The smallest absolute Gasteiger partial charge is 0.307 e. The predicted molar refractivity (Wildman–Crippen MR) is 109 cm³/mol. The van der Waals surface area contributed by atoms with E-state index in [-0.39, 0.29) is 23.7 Å². The van der Waals surface area contributed by atoms with Gasteiger partial charge in [0.05, 0.1) is 49.4 Å². The van der Waals surface area contributed by atoms with Crippen LogP contribution in [0.15, 0.2) is 18.3 Å². The summed E-state index contributed by atoms with van der Waals surface area (Å²) in [6.45, 7) is 3.89. The Labute approximate surface area is 178 Å². The fourth-order valence-corrected chi connectivity index (χ4v) is 4.67. The number of nitrogens with one attached hydrogen (secondary N) is 1. The summed E-state index contributed by atoms with van der Waals surface area (Å²) >= 11 is 0. The van der Waals surface area contributed by atoms with Crippen molar-refractivity contribution in [1.82, 2.24) is 24.7 Å². The Morgan fingerprint density at radius 1 is 1.45 bits per heavy atom. The molecule has 10 heteroatoms. The Morgan fingerprint density at radius 2 is 2.29 bits per heavy atom. The number of nitrogens with zero attached hydrogens (tertiary/aromatic N) is 6. The zero-order valence-corrected chi connectivity index (χ0v) is 17.3. The molecule has 3 aromatic rings. The lowest BCUT2D eigenvalue weighted by Gasteiger charge is -2.35. The van der Waals surface area contributed by atoms with Gasteiger partial charge in [-0.15, -0.1) is 0 Å². The molecule has 9 nitrogen and oxygen atoms in total. The Balaban J connectivity index is 1.51. The summed E-state index contributed by atoms with van der Waals surface area (Å²) in [5.41, 5.74) is 4.49. The zero-order chi connectivity index (χ0) is 21.7. The van der Waals surface area contributed by atoms with Gasteiger partial charge in [0.2, 0.25) is 0 Å². The Bertz CT molecular complexity index is 1220. The van der Waals surface area contributed by atoms with Crippen molar-refractivity contribution in [3.05, 3.63) is 46.8 Å². The molecule has 0 unspecified atom stereocenters. The van der Waals surface area contributed by atoms with E-state index in [2.05, 4.69) is 33.0 Å². The van der Waals surface area contributed by atoms with Gasteiger partial charge in [-0.2, -0.15) is 15.5 Å². The van der Waals surface area contributed by atoms with Crippen LogP contribution in [0.2, 0.25) is 0 Å². The number of methoxy groups -OCH3 is 1. The molecule has 0 amide bonds. The molecule has 2 atom stereocenters. The van der Waals surface area contributed by atoms with Crippen LogP contribution in [0.25, 0.3) is 5.52 Å². The average Bonchev–Trinajstić information content (AvgIpc) is 3.34. The van der Waals surface area contributed by atoms with Crippen molar-refractivity contribution in [3.63, 3.8) is 0 Å². The van der Waals surface area contributed by atoms with Crippen LogP contribution < -0.4 is 10.2 Å². The molecule has 0 aromatic carbocycles. The van der Waals surface area contributed by atoms with Gasteiger partial charge in [-0.1, -0.05) is 0 Å². The predicted octanol–water partition coefficient (Wildman–Crippen LogP) is 1.70. The molecule has 0 bridgehead atoms. The number of aromatic nitrogens is 4. The average molecular weight is 423 g/mol. The van der Waals surface area contributed by atoms with Gasteiger partial charge >= 0.3 is 5.97 Å². The van der Waals surface area contributed by atoms with Crippen LogP contribution in [-0.2, 0) is 29.0 Å². The second kappa shape index (κ2) is 7.35. The van der Waals surface area contributed by atoms with Crippen molar-refractivity contribution < 1.29 is 13.9 Å². The molecule has 0 saturated carbocycles. The highest BCUT2D eigenvalue weighted by Crippen LogP contribution is 2.34. The van der Waals surface area contributed by atoms with E-state index in [1.807, 2.05) is 0 Å². The molecule has 5 heterocycles. The molecule has 0 aliphatic carbocycles. The van der Waals surface area contributed by atoms with Crippen LogP contribution in [0.5, 0.6) is 0 Å². The summed E-state index contributed by atoms with van der Waals surface area (Å²) in [6, 6.07) is 5.58. The molecule has 160 valence electrons. The van der Waals surface area contributed by atoms with E-state index in [1.165, 1.54) is 11.6 Å². The number of esters is 1. The first-order chi connectivity index (χ1) is 15.0. The zero-order valence-electron chi connectivity index (χ0n) is 17.3. The number of halogens is 1.